The molecule has 6 nitrogen and oxygen atoms in total. The van der Waals surface area contributed by atoms with Crippen LogP contribution in [0.3, 0.4) is 0 Å². The number of hydrogen-bond donors (Lipinski definition) is 1. The topological polar surface area (TPSA) is 77.8 Å². The van der Waals surface area contributed by atoms with Crippen molar-refractivity contribution in [1.82, 2.24) is 0 Å². The number of ether oxygens (including phenoxy) is 2. The first-order valence-electron chi connectivity index (χ1n) is 11.4. The Kier molecular flexibility index (Phi) is 6.49. The molecule has 1 aromatic heterocycles. The Balaban J connectivity index is 1.25. The van der Waals surface area contributed by atoms with Crippen LogP contribution in [-0.4, -0.2) is 12.5 Å². The summed E-state index contributed by atoms with van der Waals surface area (Å²) in [5, 5.41) is 3.13. The summed E-state index contributed by atoms with van der Waals surface area (Å²) in [5.41, 5.74) is 3.99. The zero-order chi connectivity index (χ0) is 24.9. The smallest absolute Gasteiger partial charge is 0.262 e. The van der Waals surface area contributed by atoms with E-state index in [9.17, 15) is 9.59 Å². The predicted molar refractivity (Wildman–Crippen MR) is 140 cm³/mol. The number of carbonyl (C=O) groups is 1. The van der Waals surface area contributed by atoms with Crippen LogP contribution in [0.5, 0.6) is 17.2 Å². The minimum absolute atomic E-state index is 0.0844. The fourth-order valence-corrected chi connectivity index (χ4v) is 3.71. The van der Waals surface area contributed by atoms with Gasteiger partial charge in [0.2, 0.25) is 11.2 Å². The van der Waals surface area contributed by atoms with E-state index in [4.69, 9.17) is 13.9 Å². The number of fused-ring (bicyclic) bond motifs is 1. The minimum atomic E-state index is -0.299. The van der Waals surface area contributed by atoms with Gasteiger partial charge in [0.15, 0.2) is 6.61 Å². The molecule has 0 aliphatic carbocycles. The molecule has 0 bridgehead atoms. The molecule has 0 saturated carbocycles. The molecular formula is C30H23NO5. The third kappa shape index (κ3) is 5.28. The van der Waals surface area contributed by atoms with Crippen LogP contribution in [0, 0.1) is 6.92 Å². The molecule has 5 aromatic rings. The Morgan fingerprint density at radius 3 is 2.28 bits per heavy atom. The van der Waals surface area contributed by atoms with Crippen LogP contribution < -0.4 is 20.2 Å². The summed E-state index contributed by atoms with van der Waals surface area (Å²) in [6, 6.07) is 29.8. The second-order valence-electron chi connectivity index (χ2n) is 8.28. The fourth-order valence-electron chi connectivity index (χ4n) is 3.71. The number of hydrogen-bond acceptors (Lipinski definition) is 5. The summed E-state index contributed by atoms with van der Waals surface area (Å²) in [7, 11) is 0. The molecule has 0 aliphatic heterocycles. The van der Waals surface area contributed by atoms with E-state index in [2.05, 4.69) is 5.32 Å². The van der Waals surface area contributed by atoms with Gasteiger partial charge >= 0.3 is 0 Å². The summed E-state index contributed by atoms with van der Waals surface area (Å²) in [6.07, 6.45) is 1.28. The molecule has 1 heterocycles. The van der Waals surface area contributed by atoms with E-state index in [0.29, 0.717) is 28.2 Å². The number of anilines is 1. The van der Waals surface area contributed by atoms with Crippen molar-refractivity contribution in [1.29, 1.82) is 0 Å². The van der Waals surface area contributed by atoms with Crippen molar-refractivity contribution >= 4 is 22.6 Å². The number of carbonyl (C=O) groups excluding carboxylic acids is 1. The molecule has 0 unspecified atom stereocenters. The first kappa shape index (κ1) is 22.9. The van der Waals surface area contributed by atoms with Gasteiger partial charge in [-0.1, -0.05) is 60.2 Å². The number of benzene rings is 4. The summed E-state index contributed by atoms with van der Waals surface area (Å²) >= 11 is 0. The highest BCUT2D eigenvalue weighted by Gasteiger charge is 2.11. The molecule has 1 N–H and O–H groups in total. The van der Waals surface area contributed by atoms with Crippen molar-refractivity contribution < 1.29 is 18.7 Å². The van der Waals surface area contributed by atoms with Gasteiger partial charge in [-0.3, -0.25) is 9.59 Å². The normalized spacial score (nSPS) is 10.7. The molecule has 0 saturated heterocycles. The molecule has 0 atom stereocenters. The highest BCUT2D eigenvalue weighted by atomic mass is 16.5. The molecular weight excluding hydrogens is 454 g/mol. The zero-order valence-corrected chi connectivity index (χ0v) is 19.6. The lowest BCUT2D eigenvalue weighted by Gasteiger charge is -2.09. The molecule has 0 spiro atoms. The van der Waals surface area contributed by atoms with Crippen LogP contribution in [0.15, 0.2) is 113 Å². The summed E-state index contributed by atoms with van der Waals surface area (Å²) in [6.45, 7) is 1.80. The van der Waals surface area contributed by atoms with E-state index in [0.717, 1.165) is 16.7 Å². The quantitative estimate of drug-likeness (QED) is 0.287. The van der Waals surface area contributed by atoms with Crippen LogP contribution >= 0.6 is 0 Å². The van der Waals surface area contributed by atoms with Crippen LogP contribution in [0.2, 0.25) is 0 Å². The van der Waals surface area contributed by atoms with Gasteiger partial charge in [0, 0.05) is 11.8 Å². The highest BCUT2D eigenvalue weighted by molar-refractivity contribution is 5.92. The van der Waals surface area contributed by atoms with E-state index in [1.807, 2.05) is 85.8 Å². The number of amides is 1. The van der Waals surface area contributed by atoms with Gasteiger partial charge in [0.05, 0.1) is 5.39 Å². The Morgan fingerprint density at radius 1 is 0.833 bits per heavy atom. The Morgan fingerprint density at radius 2 is 1.53 bits per heavy atom. The highest BCUT2D eigenvalue weighted by Crippen LogP contribution is 2.26. The third-order valence-electron chi connectivity index (χ3n) is 5.61. The largest absolute Gasteiger partial charge is 0.484 e. The Labute approximate surface area is 207 Å². The molecule has 178 valence electrons. The first-order chi connectivity index (χ1) is 17.5. The number of aryl methyl sites for hydroxylation is 1. The number of rotatable bonds is 7. The average molecular weight is 478 g/mol. The fraction of sp³-hybridized carbons (Fsp3) is 0.0667. The van der Waals surface area contributed by atoms with E-state index in [-0.39, 0.29) is 23.7 Å². The van der Waals surface area contributed by atoms with Gasteiger partial charge in [-0.2, -0.15) is 0 Å². The second-order valence-corrected chi connectivity index (χ2v) is 8.28. The minimum Gasteiger partial charge on any atom is -0.484 e. The number of nitrogens with one attached hydrogen (secondary N) is 1. The molecule has 36 heavy (non-hydrogen) atoms. The lowest BCUT2D eigenvalue weighted by molar-refractivity contribution is -0.118. The van der Waals surface area contributed by atoms with Crippen LogP contribution in [-0.2, 0) is 4.79 Å². The maximum absolute atomic E-state index is 12.9. The Hall–Kier alpha value is -4.84. The van der Waals surface area contributed by atoms with E-state index < -0.39 is 0 Å². The van der Waals surface area contributed by atoms with Gasteiger partial charge in [0.1, 0.15) is 23.3 Å². The van der Waals surface area contributed by atoms with Gasteiger partial charge < -0.3 is 19.2 Å². The van der Waals surface area contributed by atoms with Crippen molar-refractivity contribution in [3.05, 3.63) is 119 Å². The van der Waals surface area contributed by atoms with Crippen molar-refractivity contribution in [2.24, 2.45) is 0 Å². The van der Waals surface area contributed by atoms with Gasteiger partial charge in [0.25, 0.3) is 5.91 Å². The molecule has 0 fully saturated rings. The van der Waals surface area contributed by atoms with Crippen molar-refractivity contribution in [3.8, 4) is 28.4 Å². The summed E-state index contributed by atoms with van der Waals surface area (Å²) < 4.78 is 17.0. The van der Waals surface area contributed by atoms with Gasteiger partial charge in [-0.05, 0) is 54.4 Å². The molecule has 0 aliphatic rings. The molecule has 5 rings (SSSR count). The van der Waals surface area contributed by atoms with Gasteiger partial charge in [-0.25, -0.2) is 0 Å². The first-order valence-corrected chi connectivity index (χ1v) is 11.4. The zero-order valence-electron chi connectivity index (χ0n) is 19.6. The molecule has 0 radical (unpaired) electrons. The van der Waals surface area contributed by atoms with E-state index in [1.165, 1.54) is 6.26 Å². The van der Waals surface area contributed by atoms with E-state index >= 15 is 0 Å². The predicted octanol–water partition coefficient (Wildman–Crippen LogP) is 6.58. The van der Waals surface area contributed by atoms with Crippen molar-refractivity contribution in [2.45, 2.75) is 6.92 Å². The standard InChI is InChI=1S/C30H23NO5/c1-20-7-11-23(12-8-20)31-29(32)19-34-25-15-16-26-27(17-25)35-18-28(30(26)33)36-24-13-9-22(10-14-24)21-5-3-2-4-6-21/h2-18H,19H2,1H3,(H,31,32). The SMILES string of the molecule is Cc1ccc(NC(=O)COc2ccc3c(=O)c(Oc4ccc(-c5ccccc5)cc4)coc3c2)cc1. The molecule has 4 aromatic carbocycles. The maximum Gasteiger partial charge on any atom is 0.262 e. The monoisotopic (exact) mass is 477 g/mol. The van der Waals surface area contributed by atoms with Crippen LogP contribution in [0.4, 0.5) is 5.69 Å². The third-order valence-corrected chi connectivity index (χ3v) is 5.61. The maximum atomic E-state index is 12.9. The van der Waals surface area contributed by atoms with Crippen LogP contribution in [0.1, 0.15) is 5.56 Å². The Bertz CT molecular complexity index is 1560. The lowest BCUT2D eigenvalue weighted by Crippen LogP contribution is -2.20. The molecule has 1 amide bonds. The lowest BCUT2D eigenvalue weighted by atomic mass is 10.1. The average Bonchev–Trinajstić information content (AvgIpc) is 2.91. The second kappa shape index (κ2) is 10.2. The van der Waals surface area contributed by atoms with Crippen LogP contribution in [0.25, 0.3) is 22.1 Å². The summed E-state index contributed by atoms with van der Waals surface area (Å²) in [4.78, 5) is 25.1. The van der Waals surface area contributed by atoms with Gasteiger partial charge in [-0.15, -0.1) is 0 Å². The van der Waals surface area contributed by atoms with E-state index in [1.54, 1.807) is 18.2 Å². The van der Waals surface area contributed by atoms with Crippen molar-refractivity contribution in [2.75, 3.05) is 11.9 Å². The molecule has 6 heteroatoms. The summed E-state index contributed by atoms with van der Waals surface area (Å²) in [5.74, 6) is 0.735. The van der Waals surface area contributed by atoms with Crippen molar-refractivity contribution in [3.63, 3.8) is 0 Å².